The van der Waals surface area contributed by atoms with Gasteiger partial charge in [0.15, 0.2) is 0 Å². The quantitative estimate of drug-likeness (QED) is 0.524. The van der Waals surface area contributed by atoms with E-state index in [9.17, 15) is 8.42 Å². The van der Waals surface area contributed by atoms with E-state index in [4.69, 9.17) is 10.7 Å². The predicted octanol–water partition coefficient (Wildman–Crippen LogP) is 1.54. The Hall–Kier alpha value is 0.460. The van der Waals surface area contributed by atoms with Crippen LogP contribution in [-0.4, -0.2) is 38.0 Å². The van der Waals surface area contributed by atoms with Crippen LogP contribution >= 0.6 is 10.7 Å². The smallest absolute Gasteiger partial charge is 0.207 e. The molecule has 0 spiro atoms. The van der Waals surface area contributed by atoms with Crippen molar-refractivity contribution in [3.05, 3.63) is 29.8 Å². The Morgan fingerprint density at radius 1 is 1.25 bits per heavy atom. The monoisotopic (exact) mass is 213 g/mol. The second kappa shape index (κ2) is 4.63. The first kappa shape index (κ1) is 12.5. The van der Waals surface area contributed by atoms with Crippen molar-refractivity contribution in [2.75, 3.05) is 0 Å². The van der Waals surface area contributed by atoms with Gasteiger partial charge in [-0.1, -0.05) is 18.2 Å². The second-order valence-corrected chi connectivity index (χ2v) is 4.74. The normalized spacial score (nSPS) is 10.5. The van der Waals surface area contributed by atoms with Crippen molar-refractivity contribution in [3.63, 3.8) is 0 Å². The van der Waals surface area contributed by atoms with Crippen molar-refractivity contribution in [2.24, 2.45) is 0 Å². The first-order valence-electron chi connectivity index (χ1n) is 3.02. The van der Waals surface area contributed by atoms with Crippen molar-refractivity contribution in [2.45, 2.75) is 11.8 Å². The molecule has 0 unspecified atom stereocenters. The van der Waals surface area contributed by atoms with Gasteiger partial charge in [0.05, 0.1) is 4.90 Å². The van der Waals surface area contributed by atoms with Crippen LogP contribution in [0.5, 0.6) is 0 Å². The van der Waals surface area contributed by atoms with E-state index in [2.05, 4.69) is 0 Å². The summed E-state index contributed by atoms with van der Waals surface area (Å²) in [7, 11) is 1.57. The second-order valence-electron chi connectivity index (χ2n) is 2.20. The largest absolute Gasteiger partial charge is 0.261 e. The summed E-state index contributed by atoms with van der Waals surface area (Å²) in [6, 6.07) is 6.59. The van der Waals surface area contributed by atoms with E-state index in [1.807, 2.05) is 0 Å². The molecule has 0 aromatic heterocycles. The molecule has 0 bridgehead atoms. The van der Waals surface area contributed by atoms with Gasteiger partial charge in [-0.3, -0.25) is 0 Å². The number of hydrogen-bond acceptors (Lipinski definition) is 2. The first-order chi connectivity index (χ1) is 5.02. The Morgan fingerprint density at radius 3 is 2.08 bits per heavy atom. The minimum atomic E-state index is -3.56. The van der Waals surface area contributed by atoms with Crippen molar-refractivity contribution < 1.29 is 8.42 Å². The van der Waals surface area contributed by atoms with Crippen molar-refractivity contribution in [3.8, 4) is 0 Å². The fourth-order valence-electron chi connectivity index (χ4n) is 0.830. The van der Waals surface area contributed by atoms with Gasteiger partial charge in [0.25, 0.3) is 9.05 Å². The molecule has 1 rings (SSSR count). The van der Waals surface area contributed by atoms with Crippen LogP contribution in [0.2, 0.25) is 0 Å². The van der Waals surface area contributed by atoms with Crippen molar-refractivity contribution in [1.82, 2.24) is 0 Å². The molecule has 5 heteroatoms. The van der Waals surface area contributed by atoms with Gasteiger partial charge in [0.2, 0.25) is 0 Å². The maximum Gasteiger partial charge on any atom is 0.261 e. The summed E-state index contributed by atoms with van der Waals surface area (Å²) in [5, 5.41) is 0. The molecule has 61 valence electrons. The van der Waals surface area contributed by atoms with E-state index >= 15 is 0 Å². The van der Waals surface area contributed by atoms with E-state index in [0.29, 0.717) is 5.56 Å². The number of benzene rings is 1. The minimum absolute atomic E-state index is 0. The van der Waals surface area contributed by atoms with Gasteiger partial charge in [-0.25, -0.2) is 8.42 Å². The van der Waals surface area contributed by atoms with Crippen LogP contribution in [0, 0.1) is 6.92 Å². The molecular weight excluding hydrogens is 207 g/mol. The van der Waals surface area contributed by atoms with Gasteiger partial charge < -0.3 is 0 Å². The van der Waals surface area contributed by atoms with E-state index < -0.39 is 9.05 Å². The molecular formula is C7H7ClNaO2S. The maximum absolute atomic E-state index is 10.8. The Bertz CT molecular complexity index is 361. The van der Waals surface area contributed by atoms with Crippen molar-refractivity contribution in [1.29, 1.82) is 0 Å². The predicted molar refractivity (Wildman–Crippen MR) is 50.0 cm³/mol. The van der Waals surface area contributed by atoms with Crippen molar-refractivity contribution >= 4 is 49.3 Å². The molecule has 0 saturated carbocycles. The third kappa shape index (κ3) is 3.07. The van der Waals surface area contributed by atoms with Gasteiger partial charge in [-0.15, -0.1) is 0 Å². The van der Waals surface area contributed by atoms with Gasteiger partial charge in [-0.2, -0.15) is 0 Å². The molecule has 1 aromatic rings. The molecule has 1 aromatic carbocycles. The molecule has 0 aliphatic rings. The molecule has 0 aliphatic carbocycles. The van der Waals surface area contributed by atoms with E-state index in [-0.39, 0.29) is 34.5 Å². The summed E-state index contributed by atoms with van der Waals surface area (Å²) in [6.07, 6.45) is 0. The number of hydrogen-bond donors (Lipinski definition) is 0. The van der Waals surface area contributed by atoms with Crippen LogP contribution in [0.4, 0.5) is 0 Å². The van der Waals surface area contributed by atoms with Crippen LogP contribution < -0.4 is 0 Å². The van der Waals surface area contributed by atoms with Crippen LogP contribution in [-0.2, 0) is 9.05 Å². The SMILES string of the molecule is Cc1ccccc1S(=O)(=O)Cl.[Na]. The summed E-state index contributed by atoms with van der Waals surface area (Å²) in [6.45, 7) is 1.70. The molecule has 1 radical (unpaired) electrons. The zero-order chi connectivity index (χ0) is 8.48. The molecule has 0 aliphatic heterocycles. The standard InChI is InChI=1S/C7H7ClO2S.Na/c1-6-4-2-3-5-7(6)11(8,9)10;/h2-5H,1H3;. The topological polar surface area (TPSA) is 34.1 Å². The van der Waals surface area contributed by atoms with Gasteiger partial charge in [-0.05, 0) is 18.6 Å². The van der Waals surface area contributed by atoms with Crippen LogP contribution in [0.1, 0.15) is 5.56 Å². The number of rotatable bonds is 1. The van der Waals surface area contributed by atoms with E-state index in [0.717, 1.165) is 0 Å². The average Bonchev–Trinajstić information content (AvgIpc) is 1.86. The summed E-state index contributed by atoms with van der Waals surface area (Å²) in [4.78, 5) is 0.182. The van der Waals surface area contributed by atoms with E-state index in [1.54, 1.807) is 25.1 Å². The number of halogens is 1. The zero-order valence-electron chi connectivity index (χ0n) is 6.91. The fourth-order valence-corrected chi connectivity index (χ4v) is 2.04. The van der Waals surface area contributed by atoms with Gasteiger partial charge in [0, 0.05) is 40.2 Å². The Labute approximate surface area is 98.6 Å². The summed E-state index contributed by atoms with van der Waals surface area (Å²) in [5.41, 5.74) is 0.669. The molecule has 2 nitrogen and oxygen atoms in total. The minimum Gasteiger partial charge on any atom is -0.207 e. The third-order valence-electron chi connectivity index (χ3n) is 1.36. The van der Waals surface area contributed by atoms with Crippen LogP contribution in [0.15, 0.2) is 29.2 Å². The molecule has 0 atom stereocenters. The summed E-state index contributed by atoms with van der Waals surface area (Å²) in [5.74, 6) is 0. The Balaban J connectivity index is 0.00000121. The Morgan fingerprint density at radius 2 is 1.75 bits per heavy atom. The zero-order valence-corrected chi connectivity index (χ0v) is 10.5. The fraction of sp³-hybridized carbons (Fsp3) is 0.143. The molecule has 0 fully saturated rings. The summed E-state index contributed by atoms with van der Waals surface area (Å²) >= 11 is 0. The molecule has 0 saturated heterocycles. The van der Waals surface area contributed by atoms with Crippen LogP contribution in [0.3, 0.4) is 0 Å². The molecule has 12 heavy (non-hydrogen) atoms. The number of aryl methyl sites for hydroxylation is 1. The Kier molecular flexibility index (Phi) is 4.81. The molecule has 0 N–H and O–H groups in total. The third-order valence-corrected chi connectivity index (χ3v) is 2.84. The van der Waals surface area contributed by atoms with Gasteiger partial charge >= 0.3 is 0 Å². The first-order valence-corrected chi connectivity index (χ1v) is 5.33. The molecule has 0 amide bonds. The maximum atomic E-state index is 10.8. The molecule has 0 heterocycles. The summed E-state index contributed by atoms with van der Waals surface area (Å²) < 4.78 is 21.6. The van der Waals surface area contributed by atoms with Crippen LogP contribution in [0.25, 0.3) is 0 Å². The average molecular weight is 214 g/mol. The van der Waals surface area contributed by atoms with Gasteiger partial charge in [0.1, 0.15) is 0 Å². The van der Waals surface area contributed by atoms with E-state index in [1.165, 1.54) is 6.07 Å².